The Kier molecular flexibility index (Phi) is 4.28. The smallest absolute Gasteiger partial charge is 0.243 e. The van der Waals surface area contributed by atoms with Gasteiger partial charge in [0.25, 0.3) is 0 Å². The lowest BCUT2D eigenvalue weighted by atomic mass is 9.67. The average Bonchev–Trinajstić information content (AvgIpc) is 3.26. The van der Waals surface area contributed by atoms with Gasteiger partial charge in [0.2, 0.25) is 11.8 Å². The first-order valence-electron chi connectivity index (χ1n) is 10.2. The number of halogens is 1. The second kappa shape index (κ2) is 6.77. The van der Waals surface area contributed by atoms with E-state index in [0.717, 1.165) is 24.6 Å². The molecule has 2 aromatic rings. The highest BCUT2D eigenvalue weighted by atomic mass is 19.1. The van der Waals surface area contributed by atoms with Gasteiger partial charge in [-0.05, 0) is 44.5 Å². The Morgan fingerprint density at radius 2 is 2.20 bits per heavy atom. The van der Waals surface area contributed by atoms with Gasteiger partial charge in [0, 0.05) is 17.5 Å². The number of aliphatic hydroxyl groups is 1. The summed E-state index contributed by atoms with van der Waals surface area (Å²) in [5.41, 5.74) is -0.326. The van der Waals surface area contributed by atoms with Crippen LogP contribution in [-0.4, -0.2) is 39.6 Å². The van der Waals surface area contributed by atoms with Gasteiger partial charge in [-0.1, -0.05) is 23.7 Å². The molecule has 0 spiro atoms. The second-order valence-electron chi connectivity index (χ2n) is 8.24. The largest absolute Gasteiger partial charge is 0.511 e. The lowest BCUT2D eigenvalue weighted by molar-refractivity contribution is -0.133. The molecule has 1 aromatic heterocycles. The van der Waals surface area contributed by atoms with Crippen molar-refractivity contribution in [2.45, 2.75) is 38.3 Å². The standard InChI is InChI=1S/C22H22FN3O4/c1-12(22-15(5-4-7-18(22)27)20(28)24-21(22)29)26-10-3-2-6-16(26)19-14-9-8-13(23)11-17(14)30-25-19/h4-5,7-9,11-12,15-16,27H,2-3,6,10H2,1H3,(H,24,28,29). The van der Waals surface area contributed by atoms with Gasteiger partial charge in [-0.2, -0.15) is 0 Å². The average molecular weight is 411 g/mol. The van der Waals surface area contributed by atoms with Crippen LogP contribution in [0.25, 0.3) is 11.0 Å². The summed E-state index contributed by atoms with van der Waals surface area (Å²) in [5, 5.41) is 18.2. The van der Waals surface area contributed by atoms with Crippen molar-refractivity contribution in [1.29, 1.82) is 0 Å². The number of aliphatic hydroxyl groups excluding tert-OH is 1. The topological polar surface area (TPSA) is 95.7 Å². The Morgan fingerprint density at radius 3 is 3.03 bits per heavy atom. The number of nitrogens with zero attached hydrogens (tertiary/aromatic N) is 2. The van der Waals surface area contributed by atoms with Crippen LogP contribution in [0.1, 0.15) is 37.9 Å². The van der Waals surface area contributed by atoms with E-state index in [9.17, 15) is 19.1 Å². The fourth-order valence-electron chi connectivity index (χ4n) is 5.36. The predicted octanol–water partition coefficient (Wildman–Crippen LogP) is 3.15. The first-order valence-corrected chi connectivity index (χ1v) is 10.2. The van der Waals surface area contributed by atoms with Crippen LogP contribution < -0.4 is 5.32 Å². The van der Waals surface area contributed by atoms with E-state index in [1.807, 2.05) is 6.92 Å². The lowest BCUT2D eigenvalue weighted by Gasteiger charge is -2.47. The van der Waals surface area contributed by atoms with Crippen LogP contribution in [0.5, 0.6) is 0 Å². The van der Waals surface area contributed by atoms with Crippen molar-refractivity contribution >= 4 is 22.8 Å². The summed E-state index contributed by atoms with van der Waals surface area (Å²) in [4.78, 5) is 27.6. The quantitative estimate of drug-likeness (QED) is 0.754. The number of aromatic nitrogens is 1. The van der Waals surface area contributed by atoms with E-state index in [1.54, 1.807) is 18.2 Å². The molecule has 1 aliphatic carbocycles. The fourth-order valence-corrected chi connectivity index (χ4v) is 5.36. The van der Waals surface area contributed by atoms with E-state index >= 15 is 0 Å². The third kappa shape index (κ3) is 2.49. The SMILES string of the molecule is CC(N1CCCCC1c1noc2cc(F)ccc12)C12C(=O)NC(=O)C1C=CC=C2O. The van der Waals surface area contributed by atoms with Gasteiger partial charge in [0.05, 0.1) is 12.0 Å². The third-order valence-electron chi connectivity index (χ3n) is 6.85. The van der Waals surface area contributed by atoms with E-state index in [4.69, 9.17) is 4.52 Å². The van der Waals surface area contributed by atoms with Crippen LogP contribution in [0.4, 0.5) is 4.39 Å². The van der Waals surface area contributed by atoms with E-state index in [1.165, 1.54) is 18.2 Å². The first kappa shape index (κ1) is 19.0. The van der Waals surface area contributed by atoms with Crippen molar-refractivity contribution in [3.63, 3.8) is 0 Å². The summed E-state index contributed by atoms with van der Waals surface area (Å²) in [6.07, 6.45) is 7.42. The number of hydrogen-bond acceptors (Lipinski definition) is 6. The molecule has 30 heavy (non-hydrogen) atoms. The Labute approximate surface area is 172 Å². The fraction of sp³-hybridized carbons (Fsp3) is 0.409. The van der Waals surface area contributed by atoms with E-state index in [-0.39, 0.29) is 11.8 Å². The van der Waals surface area contributed by atoms with Crippen LogP contribution in [0.2, 0.25) is 0 Å². The highest BCUT2D eigenvalue weighted by molar-refractivity contribution is 6.10. The molecular weight excluding hydrogens is 389 g/mol. The molecule has 1 aromatic carbocycles. The molecule has 0 radical (unpaired) electrons. The van der Waals surface area contributed by atoms with Crippen molar-refractivity contribution in [2.75, 3.05) is 6.54 Å². The molecule has 7 nitrogen and oxygen atoms in total. The number of likely N-dealkylation sites (tertiary alicyclic amines) is 1. The number of hydrogen-bond donors (Lipinski definition) is 2. The minimum atomic E-state index is -1.38. The van der Waals surface area contributed by atoms with Crippen molar-refractivity contribution in [3.05, 3.63) is 53.7 Å². The molecule has 2 N–H and O–H groups in total. The zero-order valence-electron chi connectivity index (χ0n) is 16.5. The van der Waals surface area contributed by atoms with E-state index in [0.29, 0.717) is 17.8 Å². The molecule has 2 fully saturated rings. The number of allylic oxidation sites excluding steroid dienone is 2. The molecule has 0 saturated carbocycles. The lowest BCUT2D eigenvalue weighted by Crippen LogP contribution is -2.56. The number of amides is 2. The number of fused-ring (bicyclic) bond motifs is 2. The predicted molar refractivity (Wildman–Crippen MR) is 106 cm³/mol. The second-order valence-corrected chi connectivity index (χ2v) is 8.24. The molecule has 2 amide bonds. The zero-order valence-corrected chi connectivity index (χ0v) is 16.5. The van der Waals surface area contributed by atoms with Gasteiger partial charge < -0.3 is 9.63 Å². The Balaban J connectivity index is 1.59. The van der Waals surface area contributed by atoms with E-state index in [2.05, 4.69) is 15.4 Å². The van der Waals surface area contributed by atoms with Crippen molar-refractivity contribution in [1.82, 2.24) is 15.4 Å². The van der Waals surface area contributed by atoms with Gasteiger partial charge >= 0.3 is 0 Å². The number of nitrogens with one attached hydrogen (secondary N) is 1. The molecule has 4 atom stereocenters. The number of imide groups is 1. The van der Waals surface area contributed by atoms with Crippen LogP contribution in [0, 0.1) is 17.2 Å². The molecule has 156 valence electrons. The molecule has 5 rings (SSSR count). The number of carbonyl (C=O) groups excluding carboxylic acids is 2. The molecule has 3 heterocycles. The summed E-state index contributed by atoms with van der Waals surface area (Å²) >= 11 is 0. The Bertz CT molecular complexity index is 1110. The zero-order chi connectivity index (χ0) is 21.0. The summed E-state index contributed by atoms with van der Waals surface area (Å²) in [6, 6.07) is 3.67. The van der Waals surface area contributed by atoms with Crippen molar-refractivity contribution < 1.29 is 23.6 Å². The Hall–Kier alpha value is -3.00. The maximum absolute atomic E-state index is 13.6. The first-order chi connectivity index (χ1) is 14.4. The van der Waals surface area contributed by atoms with Gasteiger partial charge in [-0.15, -0.1) is 0 Å². The normalized spacial score (nSPS) is 30.3. The molecule has 4 unspecified atom stereocenters. The van der Waals surface area contributed by atoms with Gasteiger partial charge in [0.15, 0.2) is 5.58 Å². The highest BCUT2D eigenvalue weighted by Crippen LogP contribution is 2.50. The molecule has 2 aliphatic heterocycles. The minimum absolute atomic E-state index is 0.109. The van der Waals surface area contributed by atoms with Gasteiger partial charge in [0.1, 0.15) is 22.7 Å². The van der Waals surface area contributed by atoms with Crippen LogP contribution >= 0.6 is 0 Å². The number of piperidine rings is 1. The van der Waals surface area contributed by atoms with Crippen LogP contribution in [0.15, 0.2) is 46.7 Å². The third-order valence-corrected chi connectivity index (χ3v) is 6.85. The van der Waals surface area contributed by atoms with Crippen LogP contribution in [-0.2, 0) is 9.59 Å². The Morgan fingerprint density at radius 1 is 1.37 bits per heavy atom. The minimum Gasteiger partial charge on any atom is -0.511 e. The molecular formula is C22H22FN3O4. The molecule has 3 aliphatic rings. The maximum atomic E-state index is 13.6. The van der Waals surface area contributed by atoms with Gasteiger partial charge in [-0.3, -0.25) is 19.8 Å². The number of carbonyl (C=O) groups is 2. The van der Waals surface area contributed by atoms with E-state index < -0.39 is 35.0 Å². The summed E-state index contributed by atoms with van der Waals surface area (Å²) in [7, 11) is 0. The molecule has 8 heteroatoms. The maximum Gasteiger partial charge on any atom is 0.243 e. The summed E-state index contributed by atoms with van der Waals surface area (Å²) in [6.45, 7) is 2.54. The number of benzene rings is 1. The summed E-state index contributed by atoms with van der Waals surface area (Å²) < 4.78 is 19.0. The van der Waals surface area contributed by atoms with Crippen LogP contribution in [0.3, 0.4) is 0 Å². The molecule has 0 bridgehead atoms. The van der Waals surface area contributed by atoms with Gasteiger partial charge in [-0.25, -0.2) is 4.39 Å². The van der Waals surface area contributed by atoms with Crippen molar-refractivity contribution in [2.24, 2.45) is 11.3 Å². The molecule has 2 saturated heterocycles. The highest BCUT2D eigenvalue weighted by Gasteiger charge is 2.62. The number of rotatable bonds is 3. The van der Waals surface area contributed by atoms with Crippen molar-refractivity contribution in [3.8, 4) is 0 Å². The monoisotopic (exact) mass is 411 g/mol. The summed E-state index contributed by atoms with van der Waals surface area (Å²) in [5.74, 6) is -2.16.